The fourth-order valence-corrected chi connectivity index (χ4v) is 3.87. The summed E-state index contributed by atoms with van der Waals surface area (Å²) >= 11 is 1.88. The number of thioether (sulfide) groups is 1. The molecule has 4 heterocycles. The van der Waals surface area contributed by atoms with Crippen molar-refractivity contribution in [2.75, 3.05) is 24.6 Å². The summed E-state index contributed by atoms with van der Waals surface area (Å²) in [4.78, 5) is 23.4. The van der Waals surface area contributed by atoms with Crippen molar-refractivity contribution < 1.29 is 9.32 Å². The van der Waals surface area contributed by atoms with Crippen molar-refractivity contribution in [2.45, 2.75) is 20.3 Å². The van der Waals surface area contributed by atoms with Crippen molar-refractivity contribution in [1.82, 2.24) is 29.8 Å². The molecule has 0 bridgehead atoms. The van der Waals surface area contributed by atoms with E-state index in [9.17, 15) is 4.79 Å². The summed E-state index contributed by atoms with van der Waals surface area (Å²) in [7, 11) is 0. The smallest absolute Gasteiger partial charge is 0.258 e. The fraction of sp³-hybridized carbons (Fsp3) is 0.389. The van der Waals surface area contributed by atoms with E-state index in [0.717, 1.165) is 35.9 Å². The molecule has 4 rings (SSSR count). The number of aromatic nitrogens is 5. The second kappa shape index (κ2) is 7.51. The van der Waals surface area contributed by atoms with Crippen LogP contribution in [0, 0.1) is 6.92 Å². The van der Waals surface area contributed by atoms with Crippen LogP contribution < -0.4 is 0 Å². The van der Waals surface area contributed by atoms with Gasteiger partial charge >= 0.3 is 0 Å². The Hall–Kier alpha value is -2.68. The van der Waals surface area contributed by atoms with Crippen molar-refractivity contribution in [3.8, 4) is 17.3 Å². The predicted molar refractivity (Wildman–Crippen MR) is 102 cm³/mol. The van der Waals surface area contributed by atoms with E-state index in [1.165, 1.54) is 0 Å². The minimum Gasteiger partial charge on any atom is -0.337 e. The summed E-state index contributed by atoms with van der Waals surface area (Å²) in [5, 5.41) is 8.32. The van der Waals surface area contributed by atoms with E-state index in [4.69, 9.17) is 4.52 Å². The quantitative estimate of drug-likeness (QED) is 0.682. The molecule has 1 saturated heterocycles. The average molecular weight is 384 g/mol. The van der Waals surface area contributed by atoms with Crippen molar-refractivity contribution in [1.29, 1.82) is 0 Å². The maximum Gasteiger partial charge on any atom is 0.258 e. The van der Waals surface area contributed by atoms with Crippen molar-refractivity contribution in [3.05, 3.63) is 41.6 Å². The number of rotatable bonds is 4. The van der Waals surface area contributed by atoms with Crippen molar-refractivity contribution in [3.63, 3.8) is 0 Å². The van der Waals surface area contributed by atoms with Gasteiger partial charge in [-0.25, -0.2) is 9.67 Å². The standard InChI is InChI=1S/C18H20N6O2S/c1-3-15-21-17(26-22-15)13-4-5-19-16(10-13)24-12(2)14(11-20-24)18(25)23-6-8-27-9-7-23/h4-5,10-11H,3,6-9H2,1-2H3. The zero-order chi connectivity index (χ0) is 18.8. The second-order valence-corrected chi connectivity index (χ2v) is 7.46. The summed E-state index contributed by atoms with van der Waals surface area (Å²) in [5.41, 5.74) is 2.14. The molecule has 27 heavy (non-hydrogen) atoms. The van der Waals surface area contributed by atoms with Gasteiger partial charge in [0.2, 0.25) is 0 Å². The topological polar surface area (TPSA) is 89.9 Å². The molecule has 1 amide bonds. The third kappa shape index (κ3) is 3.46. The van der Waals surface area contributed by atoms with Gasteiger partial charge in [0.25, 0.3) is 11.8 Å². The lowest BCUT2D eigenvalue weighted by molar-refractivity contribution is 0.0771. The van der Waals surface area contributed by atoms with Crippen LogP contribution in [0.25, 0.3) is 17.3 Å². The molecule has 0 aromatic carbocycles. The first-order valence-corrected chi connectivity index (χ1v) is 10.0. The van der Waals surface area contributed by atoms with Crippen molar-refractivity contribution in [2.24, 2.45) is 0 Å². The van der Waals surface area contributed by atoms with E-state index in [2.05, 4.69) is 20.2 Å². The molecule has 1 aliphatic heterocycles. The molecule has 0 saturated carbocycles. The molecule has 0 N–H and O–H groups in total. The number of amides is 1. The van der Waals surface area contributed by atoms with Gasteiger partial charge in [-0.15, -0.1) is 0 Å². The molecule has 9 heteroatoms. The van der Waals surface area contributed by atoms with Crippen LogP contribution in [-0.4, -0.2) is 60.3 Å². The lowest BCUT2D eigenvalue weighted by Gasteiger charge is -2.26. The van der Waals surface area contributed by atoms with Gasteiger partial charge in [0, 0.05) is 42.8 Å². The van der Waals surface area contributed by atoms with Gasteiger partial charge in [-0.1, -0.05) is 12.1 Å². The van der Waals surface area contributed by atoms with Gasteiger partial charge in [-0.05, 0) is 19.1 Å². The highest BCUT2D eigenvalue weighted by atomic mass is 32.2. The number of carbonyl (C=O) groups excluding carboxylic acids is 1. The van der Waals surface area contributed by atoms with E-state index < -0.39 is 0 Å². The van der Waals surface area contributed by atoms with Gasteiger partial charge in [0.1, 0.15) is 0 Å². The summed E-state index contributed by atoms with van der Waals surface area (Å²) in [6.45, 7) is 5.41. The highest BCUT2D eigenvalue weighted by molar-refractivity contribution is 7.99. The molecule has 0 unspecified atom stereocenters. The Balaban J connectivity index is 1.63. The summed E-state index contributed by atoms with van der Waals surface area (Å²) in [6, 6.07) is 3.64. The number of aryl methyl sites for hydroxylation is 1. The number of nitrogens with zero attached hydrogens (tertiary/aromatic N) is 6. The summed E-state index contributed by atoms with van der Waals surface area (Å²) < 4.78 is 6.98. The van der Waals surface area contributed by atoms with E-state index in [1.807, 2.05) is 42.6 Å². The Bertz CT molecular complexity index is 960. The SMILES string of the molecule is CCc1noc(-c2ccnc(-n3ncc(C(=O)N4CCSCC4)c3C)c2)n1. The maximum absolute atomic E-state index is 12.8. The van der Waals surface area contributed by atoms with Gasteiger partial charge < -0.3 is 9.42 Å². The Morgan fingerprint density at radius 3 is 2.89 bits per heavy atom. The zero-order valence-electron chi connectivity index (χ0n) is 15.3. The minimum atomic E-state index is 0.0275. The number of hydrogen-bond acceptors (Lipinski definition) is 7. The predicted octanol–water partition coefficient (Wildman–Crippen LogP) is 2.38. The van der Waals surface area contributed by atoms with Crippen LogP contribution in [0.1, 0.15) is 28.8 Å². The molecule has 3 aromatic heterocycles. The third-order valence-corrected chi connectivity index (χ3v) is 5.47. The zero-order valence-corrected chi connectivity index (χ0v) is 16.1. The summed E-state index contributed by atoms with van der Waals surface area (Å²) in [5.74, 6) is 3.70. The largest absolute Gasteiger partial charge is 0.337 e. The van der Waals surface area contributed by atoms with Crippen LogP contribution in [0.3, 0.4) is 0 Å². The molecule has 0 radical (unpaired) electrons. The maximum atomic E-state index is 12.8. The molecule has 0 aliphatic carbocycles. The Morgan fingerprint density at radius 2 is 2.15 bits per heavy atom. The van der Waals surface area contributed by atoms with Gasteiger partial charge in [0.15, 0.2) is 11.6 Å². The second-order valence-electron chi connectivity index (χ2n) is 6.23. The van der Waals surface area contributed by atoms with Gasteiger partial charge in [0.05, 0.1) is 17.5 Å². The Labute approximate surface area is 161 Å². The van der Waals surface area contributed by atoms with Crippen LogP contribution in [0.5, 0.6) is 0 Å². The van der Waals surface area contributed by atoms with Crippen LogP contribution >= 0.6 is 11.8 Å². The van der Waals surface area contributed by atoms with Crippen LogP contribution in [-0.2, 0) is 6.42 Å². The lowest BCUT2D eigenvalue weighted by atomic mass is 10.2. The highest BCUT2D eigenvalue weighted by Crippen LogP contribution is 2.21. The van der Waals surface area contributed by atoms with Gasteiger partial charge in [-0.2, -0.15) is 21.8 Å². The Kier molecular flexibility index (Phi) is 4.93. The summed E-state index contributed by atoms with van der Waals surface area (Å²) in [6.07, 6.45) is 4.00. The first-order chi connectivity index (χ1) is 13.2. The fourth-order valence-electron chi connectivity index (χ4n) is 2.97. The average Bonchev–Trinajstić information content (AvgIpc) is 3.35. The van der Waals surface area contributed by atoms with Crippen molar-refractivity contribution >= 4 is 17.7 Å². The van der Waals surface area contributed by atoms with Crippen LogP contribution in [0.4, 0.5) is 0 Å². The molecule has 1 aliphatic rings. The van der Waals surface area contributed by atoms with Crippen LogP contribution in [0.2, 0.25) is 0 Å². The van der Waals surface area contributed by atoms with E-state index in [-0.39, 0.29) is 5.91 Å². The molecule has 3 aromatic rings. The highest BCUT2D eigenvalue weighted by Gasteiger charge is 2.23. The number of pyridine rings is 1. The Morgan fingerprint density at radius 1 is 1.33 bits per heavy atom. The number of hydrogen-bond donors (Lipinski definition) is 0. The first kappa shape index (κ1) is 17.7. The van der Waals surface area contributed by atoms with E-state index >= 15 is 0 Å². The molecule has 0 spiro atoms. The molecular weight excluding hydrogens is 364 g/mol. The molecular formula is C18H20N6O2S. The minimum absolute atomic E-state index is 0.0275. The number of carbonyl (C=O) groups is 1. The lowest BCUT2D eigenvalue weighted by Crippen LogP contribution is -2.38. The normalized spacial score (nSPS) is 14.5. The van der Waals surface area contributed by atoms with E-state index in [1.54, 1.807) is 17.1 Å². The molecule has 140 valence electrons. The van der Waals surface area contributed by atoms with Gasteiger partial charge in [-0.3, -0.25) is 4.79 Å². The monoisotopic (exact) mass is 384 g/mol. The van der Waals surface area contributed by atoms with Crippen LogP contribution in [0.15, 0.2) is 29.0 Å². The molecule has 0 atom stereocenters. The molecule has 8 nitrogen and oxygen atoms in total. The first-order valence-electron chi connectivity index (χ1n) is 8.88. The van der Waals surface area contributed by atoms with E-state index in [0.29, 0.717) is 29.5 Å². The molecule has 1 fully saturated rings. The third-order valence-electron chi connectivity index (χ3n) is 4.53.